The summed E-state index contributed by atoms with van der Waals surface area (Å²) >= 11 is 0. The molecule has 2 aromatic carbocycles. The highest BCUT2D eigenvalue weighted by Gasteiger charge is 2.23. The van der Waals surface area contributed by atoms with Crippen LogP contribution in [0.2, 0.25) is 0 Å². The second-order valence-corrected chi connectivity index (χ2v) is 6.32. The number of hydrogen-bond acceptors (Lipinski definition) is 3. The van der Waals surface area contributed by atoms with Crippen LogP contribution >= 0.6 is 12.4 Å². The Labute approximate surface area is 160 Å². The zero-order valence-corrected chi connectivity index (χ0v) is 16.2. The average molecular weight is 373 g/mol. The molecule has 0 saturated carbocycles. The number of aryl methyl sites for hydroxylation is 1. The van der Waals surface area contributed by atoms with Gasteiger partial charge in [-0.15, -0.1) is 12.4 Å². The fourth-order valence-corrected chi connectivity index (χ4v) is 3.15. The normalized spacial score (nSPS) is 11.8. The predicted octanol–water partition coefficient (Wildman–Crippen LogP) is 2.96. The van der Waals surface area contributed by atoms with Crippen molar-refractivity contribution in [2.75, 3.05) is 20.6 Å². The first-order valence-electron chi connectivity index (χ1n) is 8.47. The van der Waals surface area contributed by atoms with Crippen LogP contribution in [-0.4, -0.2) is 41.2 Å². The highest BCUT2D eigenvalue weighted by molar-refractivity contribution is 5.86. The van der Waals surface area contributed by atoms with Gasteiger partial charge in [0.25, 0.3) is 0 Å². The summed E-state index contributed by atoms with van der Waals surface area (Å²) < 4.78 is 1.71. The summed E-state index contributed by atoms with van der Waals surface area (Å²) in [6.45, 7) is 0.672. The molecule has 3 rings (SSSR count). The quantitative estimate of drug-likeness (QED) is 0.723. The third kappa shape index (κ3) is 4.23. The molecular formula is C20H25ClN4O. The van der Waals surface area contributed by atoms with Gasteiger partial charge in [0.2, 0.25) is 5.91 Å². The molecule has 138 valence electrons. The number of nitrogens with zero attached hydrogens (tertiary/aromatic N) is 3. The second kappa shape index (κ2) is 8.83. The van der Waals surface area contributed by atoms with Crippen LogP contribution in [-0.2, 0) is 18.3 Å². The van der Waals surface area contributed by atoms with E-state index < -0.39 is 0 Å². The molecule has 5 nitrogen and oxygen atoms in total. The monoisotopic (exact) mass is 372 g/mol. The molecule has 26 heavy (non-hydrogen) atoms. The van der Waals surface area contributed by atoms with Gasteiger partial charge in [-0.25, -0.2) is 0 Å². The lowest BCUT2D eigenvalue weighted by atomic mass is 10.0. The third-order valence-corrected chi connectivity index (χ3v) is 4.57. The average Bonchev–Trinajstić information content (AvgIpc) is 3.06. The van der Waals surface area contributed by atoms with E-state index in [0.29, 0.717) is 6.54 Å². The lowest BCUT2D eigenvalue weighted by Crippen LogP contribution is -2.38. The number of amides is 1. The molecule has 0 spiro atoms. The number of carbonyl (C=O) groups is 1. The van der Waals surface area contributed by atoms with E-state index >= 15 is 0 Å². The molecular weight excluding hydrogens is 348 g/mol. The Morgan fingerprint density at radius 3 is 2.65 bits per heavy atom. The van der Waals surface area contributed by atoms with Crippen LogP contribution in [0.25, 0.3) is 10.8 Å². The van der Waals surface area contributed by atoms with Crippen LogP contribution in [0.15, 0.2) is 54.9 Å². The molecule has 0 aliphatic carbocycles. The van der Waals surface area contributed by atoms with Crippen molar-refractivity contribution in [1.29, 1.82) is 0 Å². The zero-order valence-electron chi connectivity index (χ0n) is 15.3. The molecule has 0 radical (unpaired) electrons. The van der Waals surface area contributed by atoms with E-state index in [2.05, 4.69) is 46.8 Å². The van der Waals surface area contributed by atoms with E-state index in [4.69, 9.17) is 0 Å². The SMILES string of the molecule is CNC(C(=O)N(C)CCc1cccc2ccccc12)c1cnn(C)c1.Cl. The van der Waals surface area contributed by atoms with Crippen molar-refractivity contribution < 1.29 is 4.79 Å². The van der Waals surface area contributed by atoms with E-state index in [1.54, 1.807) is 22.8 Å². The molecule has 1 aromatic heterocycles. The van der Waals surface area contributed by atoms with Gasteiger partial charge in [-0.3, -0.25) is 9.48 Å². The fourth-order valence-electron chi connectivity index (χ4n) is 3.15. The summed E-state index contributed by atoms with van der Waals surface area (Å²) in [4.78, 5) is 14.6. The van der Waals surface area contributed by atoms with E-state index in [1.165, 1.54) is 16.3 Å². The van der Waals surface area contributed by atoms with Gasteiger partial charge in [0.05, 0.1) is 6.20 Å². The van der Waals surface area contributed by atoms with Crippen molar-refractivity contribution in [1.82, 2.24) is 20.0 Å². The molecule has 3 aromatic rings. The van der Waals surface area contributed by atoms with Crippen LogP contribution in [0.3, 0.4) is 0 Å². The minimum atomic E-state index is -0.369. The number of benzene rings is 2. The highest BCUT2D eigenvalue weighted by Crippen LogP contribution is 2.20. The summed E-state index contributed by atoms with van der Waals surface area (Å²) in [6, 6.07) is 14.3. The Kier molecular flexibility index (Phi) is 6.77. The predicted molar refractivity (Wildman–Crippen MR) is 108 cm³/mol. The van der Waals surface area contributed by atoms with Crippen molar-refractivity contribution >= 4 is 29.1 Å². The van der Waals surface area contributed by atoms with Gasteiger partial charge in [0.15, 0.2) is 0 Å². The zero-order chi connectivity index (χ0) is 17.8. The molecule has 1 amide bonds. The topological polar surface area (TPSA) is 50.2 Å². The van der Waals surface area contributed by atoms with E-state index in [9.17, 15) is 4.79 Å². The number of aromatic nitrogens is 2. The Morgan fingerprint density at radius 1 is 1.23 bits per heavy atom. The molecule has 6 heteroatoms. The van der Waals surface area contributed by atoms with Gasteiger partial charge < -0.3 is 10.2 Å². The fraction of sp³-hybridized carbons (Fsp3) is 0.300. The Hall–Kier alpha value is -2.37. The maximum absolute atomic E-state index is 12.8. The van der Waals surface area contributed by atoms with E-state index in [1.807, 2.05) is 26.4 Å². The van der Waals surface area contributed by atoms with E-state index in [0.717, 1.165) is 12.0 Å². The van der Waals surface area contributed by atoms with Crippen LogP contribution in [0.4, 0.5) is 0 Å². The standard InChI is InChI=1S/C20H24N4O.ClH/c1-21-19(17-13-22-24(3)14-17)20(25)23(2)12-11-16-9-6-8-15-7-4-5-10-18(15)16;/h4-10,13-14,19,21H,11-12H2,1-3H3;1H. The van der Waals surface area contributed by atoms with Crippen LogP contribution in [0.1, 0.15) is 17.2 Å². The Bertz CT molecular complexity index is 872. The second-order valence-electron chi connectivity index (χ2n) is 6.32. The summed E-state index contributed by atoms with van der Waals surface area (Å²) in [5.41, 5.74) is 2.15. The van der Waals surface area contributed by atoms with Crippen molar-refractivity contribution in [2.45, 2.75) is 12.5 Å². The lowest BCUT2D eigenvalue weighted by molar-refractivity contribution is -0.132. The number of nitrogens with one attached hydrogen (secondary N) is 1. The molecule has 0 aliphatic rings. The first-order valence-corrected chi connectivity index (χ1v) is 8.47. The molecule has 1 heterocycles. The molecule has 0 saturated heterocycles. The minimum Gasteiger partial charge on any atom is -0.344 e. The molecule has 1 atom stereocenters. The summed E-state index contributed by atoms with van der Waals surface area (Å²) in [6.07, 6.45) is 4.43. The smallest absolute Gasteiger partial charge is 0.244 e. The number of rotatable bonds is 6. The summed E-state index contributed by atoms with van der Waals surface area (Å²) in [5, 5.41) is 9.74. The third-order valence-electron chi connectivity index (χ3n) is 4.57. The van der Waals surface area contributed by atoms with Gasteiger partial charge in [-0.2, -0.15) is 5.10 Å². The Morgan fingerprint density at radius 2 is 1.96 bits per heavy atom. The van der Waals surface area contributed by atoms with Crippen LogP contribution in [0, 0.1) is 0 Å². The molecule has 0 bridgehead atoms. The van der Waals surface area contributed by atoms with Crippen molar-refractivity contribution in [3.63, 3.8) is 0 Å². The first-order chi connectivity index (χ1) is 12.1. The maximum Gasteiger partial charge on any atom is 0.244 e. The van der Waals surface area contributed by atoms with Gasteiger partial charge >= 0.3 is 0 Å². The minimum absolute atomic E-state index is 0. The van der Waals surface area contributed by atoms with Gasteiger partial charge in [-0.1, -0.05) is 42.5 Å². The molecule has 0 fully saturated rings. The van der Waals surface area contributed by atoms with E-state index in [-0.39, 0.29) is 24.4 Å². The van der Waals surface area contributed by atoms with Crippen LogP contribution < -0.4 is 5.32 Å². The van der Waals surface area contributed by atoms with Crippen molar-refractivity contribution in [3.05, 3.63) is 66.0 Å². The summed E-state index contributed by atoms with van der Waals surface area (Å²) in [7, 11) is 5.51. The number of fused-ring (bicyclic) bond motifs is 1. The number of hydrogen-bond donors (Lipinski definition) is 1. The largest absolute Gasteiger partial charge is 0.344 e. The highest BCUT2D eigenvalue weighted by atomic mass is 35.5. The number of likely N-dealkylation sites (N-methyl/N-ethyl adjacent to an activating group) is 2. The number of halogens is 1. The maximum atomic E-state index is 12.8. The molecule has 1 N–H and O–H groups in total. The first kappa shape index (κ1) is 19.9. The van der Waals surface area contributed by atoms with Gasteiger partial charge in [0.1, 0.15) is 6.04 Å². The van der Waals surface area contributed by atoms with Gasteiger partial charge in [0, 0.05) is 32.4 Å². The molecule has 0 aliphatic heterocycles. The van der Waals surface area contributed by atoms with Gasteiger partial charge in [-0.05, 0) is 29.8 Å². The number of carbonyl (C=O) groups excluding carboxylic acids is 1. The Balaban J connectivity index is 0.00000243. The van der Waals surface area contributed by atoms with Crippen molar-refractivity contribution in [3.8, 4) is 0 Å². The lowest BCUT2D eigenvalue weighted by Gasteiger charge is -2.23. The van der Waals surface area contributed by atoms with Crippen molar-refractivity contribution in [2.24, 2.45) is 7.05 Å². The van der Waals surface area contributed by atoms with Crippen LogP contribution in [0.5, 0.6) is 0 Å². The summed E-state index contributed by atoms with van der Waals surface area (Å²) in [5.74, 6) is 0.0516. The molecule has 1 unspecified atom stereocenters.